The van der Waals surface area contributed by atoms with E-state index >= 15 is 0 Å². The van der Waals surface area contributed by atoms with E-state index < -0.39 is 11.6 Å². The molecule has 0 radical (unpaired) electrons. The number of rotatable bonds is 3. The molecule has 0 fully saturated rings. The Bertz CT molecular complexity index is 594. The lowest BCUT2D eigenvalue weighted by molar-refractivity contribution is 0.554. The zero-order valence-electron chi connectivity index (χ0n) is 11.2. The average molecular weight is 343 g/mol. The number of halogens is 4. The van der Waals surface area contributed by atoms with Gasteiger partial charge in [0.25, 0.3) is 0 Å². The van der Waals surface area contributed by atoms with Crippen LogP contribution in [0, 0.1) is 31.3 Å². The lowest BCUT2D eigenvalue weighted by Gasteiger charge is -2.14. The van der Waals surface area contributed by atoms with Gasteiger partial charge in [0.15, 0.2) is 0 Å². The molecule has 0 nitrogen and oxygen atoms in total. The summed E-state index contributed by atoms with van der Waals surface area (Å²) < 4.78 is 40.9. The predicted molar refractivity (Wildman–Crippen MR) is 77.6 cm³/mol. The van der Waals surface area contributed by atoms with Crippen LogP contribution >= 0.6 is 15.9 Å². The molecule has 0 aromatic heterocycles. The van der Waals surface area contributed by atoms with Gasteiger partial charge < -0.3 is 0 Å². The Kier molecular flexibility index (Phi) is 4.53. The maximum absolute atomic E-state index is 13.6. The first-order chi connectivity index (χ1) is 9.40. The van der Waals surface area contributed by atoms with Gasteiger partial charge in [-0.05, 0) is 49.1 Å². The molecule has 4 heteroatoms. The molecule has 0 amide bonds. The summed E-state index contributed by atoms with van der Waals surface area (Å²) in [4.78, 5) is -0.271. The van der Waals surface area contributed by atoms with Gasteiger partial charge in [-0.3, -0.25) is 0 Å². The standard InChI is InChI=1S/C16H14BrF3/c1-9-6-11(7-10(2)16(9)20)13(17)8-12-14(18)4-3-5-15(12)19/h3-7,13H,8H2,1-2H3. The Morgan fingerprint density at radius 1 is 1.00 bits per heavy atom. The molecule has 20 heavy (non-hydrogen) atoms. The summed E-state index contributed by atoms with van der Waals surface area (Å²) in [6, 6.07) is 7.20. The number of hydrogen-bond acceptors (Lipinski definition) is 0. The molecule has 1 unspecified atom stereocenters. The average Bonchev–Trinajstić information content (AvgIpc) is 2.39. The Labute approximate surface area is 124 Å². The molecule has 1 atom stereocenters. The second-order valence-electron chi connectivity index (χ2n) is 4.84. The van der Waals surface area contributed by atoms with E-state index in [2.05, 4.69) is 15.9 Å². The fraction of sp³-hybridized carbons (Fsp3) is 0.250. The smallest absolute Gasteiger partial charge is 0.129 e. The van der Waals surface area contributed by atoms with Gasteiger partial charge in [-0.25, -0.2) is 13.2 Å². The van der Waals surface area contributed by atoms with Crippen molar-refractivity contribution in [2.45, 2.75) is 25.1 Å². The molecule has 0 saturated carbocycles. The van der Waals surface area contributed by atoms with Crippen molar-refractivity contribution in [2.24, 2.45) is 0 Å². The molecule has 0 aliphatic heterocycles. The van der Waals surface area contributed by atoms with Crippen LogP contribution in [0.1, 0.15) is 27.1 Å². The number of aryl methyl sites for hydroxylation is 2. The van der Waals surface area contributed by atoms with Crippen LogP contribution in [0.15, 0.2) is 30.3 Å². The zero-order valence-corrected chi connectivity index (χ0v) is 12.8. The monoisotopic (exact) mass is 342 g/mol. The molecule has 0 heterocycles. The van der Waals surface area contributed by atoms with Crippen LogP contribution in [0.5, 0.6) is 0 Å². The minimum Gasteiger partial charge on any atom is -0.207 e. The van der Waals surface area contributed by atoms with Crippen molar-refractivity contribution in [3.63, 3.8) is 0 Å². The molecule has 0 bridgehead atoms. The van der Waals surface area contributed by atoms with E-state index in [4.69, 9.17) is 0 Å². The van der Waals surface area contributed by atoms with Crippen molar-refractivity contribution in [3.8, 4) is 0 Å². The Morgan fingerprint density at radius 3 is 2.00 bits per heavy atom. The molecular weight excluding hydrogens is 329 g/mol. The summed E-state index contributed by atoms with van der Waals surface area (Å²) in [5.74, 6) is -1.37. The highest BCUT2D eigenvalue weighted by atomic mass is 79.9. The summed E-state index contributed by atoms with van der Waals surface area (Å²) in [6.45, 7) is 3.35. The first-order valence-corrected chi connectivity index (χ1v) is 7.15. The zero-order chi connectivity index (χ0) is 14.9. The molecule has 0 spiro atoms. The first-order valence-electron chi connectivity index (χ1n) is 6.23. The highest BCUT2D eigenvalue weighted by Gasteiger charge is 2.16. The summed E-state index contributed by atoms with van der Waals surface area (Å²) in [6.07, 6.45) is 0.170. The van der Waals surface area contributed by atoms with E-state index in [1.165, 1.54) is 18.2 Å². The Morgan fingerprint density at radius 2 is 1.50 bits per heavy atom. The third-order valence-corrected chi connectivity index (χ3v) is 4.12. The second kappa shape index (κ2) is 6.00. The minimum atomic E-state index is -0.565. The molecule has 2 aromatic carbocycles. The van der Waals surface area contributed by atoms with E-state index in [0.29, 0.717) is 11.1 Å². The van der Waals surface area contributed by atoms with Crippen LogP contribution in [0.4, 0.5) is 13.2 Å². The van der Waals surface area contributed by atoms with Crippen molar-refractivity contribution >= 4 is 15.9 Å². The lowest BCUT2D eigenvalue weighted by Crippen LogP contribution is -2.03. The van der Waals surface area contributed by atoms with Crippen molar-refractivity contribution in [3.05, 3.63) is 70.0 Å². The van der Waals surface area contributed by atoms with Gasteiger partial charge in [0.1, 0.15) is 17.5 Å². The highest BCUT2D eigenvalue weighted by molar-refractivity contribution is 9.09. The van der Waals surface area contributed by atoms with Crippen LogP contribution in [0.2, 0.25) is 0 Å². The molecule has 2 aromatic rings. The maximum atomic E-state index is 13.6. The van der Waals surface area contributed by atoms with E-state index in [-0.39, 0.29) is 22.6 Å². The highest BCUT2D eigenvalue weighted by Crippen LogP contribution is 2.31. The van der Waals surface area contributed by atoms with Crippen LogP contribution in [0.25, 0.3) is 0 Å². The molecule has 0 aliphatic carbocycles. The second-order valence-corrected chi connectivity index (χ2v) is 5.95. The Hall–Kier alpha value is -1.29. The normalized spacial score (nSPS) is 12.5. The van der Waals surface area contributed by atoms with E-state index in [1.807, 2.05) is 0 Å². The van der Waals surface area contributed by atoms with E-state index in [9.17, 15) is 13.2 Å². The summed E-state index contributed by atoms with van der Waals surface area (Å²) in [5, 5.41) is 0. The van der Waals surface area contributed by atoms with Crippen LogP contribution in [0.3, 0.4) is 0 Å². The van der Waals surface area contributed by atoms with Crippen molar-refractivity contribution in [1.82, 2.24) is 0 Å². The number of hydrogen-bond donors (Lipinski definition) is 0. The number of benzene rings is 2. The third kappa shape index (κ3) is 3.06. The quantitative estimate of drug-likeness (QED) is 0.655. The SMILES string of the molecule is Cc1cc(C(Br)Cc2c(F)cccc2F)cc(C)c1F. The first kappa shape index (κ1) is 15.1. The van der Waals surface area contributed by atoms with E-state index in [1.54, 1.807) is 26.0 Å². The van der Waals surface area contributed by atoms with E-state index in [0.717, 1.165) is 5.56 Å². The fourth-order valence-corrected chi connectivity index (χ4v) is 2.77. The summed E-state index contributed by atoms with van der Waals surface area (Å²) in [7, 11) is 0. The van der Waals surface area contributed by atoms with Crippen molar-refractivity contribution in [1.29, 1.82) is 0 Å². The fourth-order valence-electron chi connectivity index (χ4n) is 2.18. The molecule has 0 aliphatic rings. The molecule has 106 valence electrons. The van der Waals surface area contributed by atoms with Gasteiger partial charge in [-0.15, -0.1) is 0 Å². The molecule has 0 saturated heterocycles. The van der Waals surface area contributed by atoms with Crippen molar-refractivity contribution < 1.29 is 13.2 Å². The molecular formula is C16H14BrF3. The van der Waals surface area contributed by atoms with Gasteiger partial charge in [0.2, 0.25) is 0 Å². The molecule has 0 N–H and O–H groups in total. The number of alkyl halides is 1. The Balaban J connectivity index is 2.31. The van der Waals surface area contributed by atoms with Gasteiger partial charge in [0.05, 0.1) is 0 Å². The van der Waals surface area contributed by atoms with Crippen LogP contribution in [-0.4, -0.2) is 0 Å². The molecule has 2 rings (SSSR count). The van der Waals surface area contributed by atoms with Gasteiger partial charge in [0, 0.05) is 10.4 Å². The summed E-state index contributed by atoms with van der Waals surface area (Å²) in [5.41, 5.74) is 1.90. The predicted octanol–water partition coefficient (Wildman–Crippen LogP) is 5.40. The van der Waals surface area contributed by atoms with Gasteiger partial charge in [-0.1, -0.05) is 34.1 Å². The van der Waals surface area contributed by atoms with Crippen LogP contribution in [-0.2, 0) is 6.42 Å². The maximum Gasteiger partial charge on any atom is 0.129 e. The topological polar surface area (TPSA) is 0 Å². The third-order valence-electron chi connectivity index (χ3n) is 3.27. The van der Waals surface area contributed by atoms with Crippen LogP contribution < -0.4 is 0 Å². The summed E-state index contributed by atoms with van der Waals surface area (Å²) >= 11 is 3.43. The minimum absolute atomic E-state index is 0.0361. The van der Waals surface area contributed by atoms with Gasteiger partial charge >= 0.3 is 0 Å². The lowest BCUT2D eigenvalue weighted by atomic mass is 9.99. The largest absolute Gasteiger partial charge is 0.207 e. The van der Waals surface area contributed by atoms with Crippen molar-refractivity contribution in [2.75, 3.05) is 0 Å². The van der Waals surface area contributed by atoms with Gasteiger partial charge in [-0.2, -0.15) is 0 Å².